The standard InChI is InChI=1S/C29H34ClN3O6S/c1-5-17-31-29(35)21(2)32(19-22-11-13-23(30)14-12-22)28(34)20-33(24-9-7-6-8-10-24)40(36,37)25-15-16-26(38-3)27(18-25)39-4/h6-16,18,21H,5,17,19-20H2,1-4H3,(H,31,35)/t21-/m0/s1. The first-order valence-corrected chi connectivity index (χ1v) is 14.6. The summed E-state index contributed by atoms with van der Waals surface area (Å²) in [6.07, 6.45) is 0.731. The van der Waals surface area contributed by atoms with E-state index in [0.29, 0.717) is 23.0 Å². The average molecular weight is 588 g/mol. The third-order valence-electron chi connectivity index (χ3n) is 6.25. The van der Waals surface area contributed by atoms with Gasteiger partial charge in [-0.2, -0.15) is 0 Å². The zero-order valence-corrected chi connectivity index (χ0v) is 24.5. The zero-order valence-electron chi connectivity index (χ0n) is 23.0. The topological polar surface area (TPSA) is 105 Å². The maximum atomic E-state index is 14.0. The lowest BCUT2D eigenvalue weighted by Gasteiger charge is -2.32. The van der Waals surface area contributed by atoms with Gasteiger partial charge in [-0.1, -0.05) is 48.9 Å². The van der Waals surface area contributed by atoms with Gasteiger partial charge in [-0.15, -0.1) is 0 Å². The monoisotopic (exact) mass is 587 g/mol. The maximum Gasteiger partial charge on any atom is 0.264 e. The van der Waals surface area contributed by atoms with Gasteiger partial charge in [0.25, 0.3) is 10.0 Å². The van der Waals surface area contributed by atoms with Crippen LogP contribution in [0, 0.1) is 0 Å². The molecule has 1 atom stereocenters. The fourth-order valence-corrected chi connectivity index (χ4v) is 5.55. The summed E-state index contributed by atoms with van der Waals surface area (Å²) in [5.41, 5.74) is 1.03. The van der Waals surface area contributed by atoms with Crippen LogP contribution in [0.1, 0.15) is 25.8 Å². The van der Waals surface area contributed by atoms with E-state index in [1.807, 2.05) is 6.92 Å². The van der Waals surface area contributed by atoms with E-state index in [0.717, 1.165) is 16.3 Å². The Morgan fingerprint density at radius 2 is 1.60 bits per heavy atom. The molecule has 0 heterocycles. The van der Waals surface area contributed by atoms with Crippen LogP contribution < -0.4 is 19.1 Å². The van der Waals surface area contributed by atoms with E-state index in [2.05, 4.69) is 5.32 Å². The van der Waals surface area contributed by atoms with Gasteiger partial charge < -0.3 is 19.7 Å². The van der Waals surface area contributed by atoms with Crippen LogP contribution in [-0.4, -0.2) is 58.5 Å². The molecule has 0 spiro atoms. The normalized spacial score (nSPS) is 11.8. The van der Waals surface area contributed by atoms with Crippen LogP contribution in [0.25, 0.3) is 0 Å². The molecule has 0 saturated heterocycles. The molecule has 3 rings (SSSR count). The van der Waals surface area contributed by atoms with Crippen molar-refractivity contribution in [2.24, 2.45) is 0 Å². The lowest BCUT2D eigenvalue weighted by Crippen LogP contribution is -2.51. The molecule has 0 unspecified atom stereocenters. The van der Waals surface area contributed by atoms with Crippen molar-refractivity contribution in [2.45, 2.75) is 37.8 Å². The SMILES string of the molecule is CCCNC(=O)[C@H](C)N(Cc1ccc(Cl)cc1)C(=O)CN(c1ccccc1)S(=O)(=O)c1ccc(OC)c(OC)c1. The first-order chi connectivity index (χ1) is 19.1. The Kier molecular flexibility index (Phi) is 10.8. The third kappa shape index (κ3) is 7.45. The molecule has 0 aliphatic rings. The van der Waals surface area contributed by atoms with E-state index < -0.39 is 28.5 Å². The molecular weight excluding hydrogens is 554 g/mol. The van der Waals surface area contributed by atoms with Gasteiger partial charge in [0.2, 0.25) is 11.8 Å². The molecule has 2 amide bonds. The summed E-state index contributed by atoms with van der Waals surface area (Å²) in [5, 5.41) is 3.35. The van der Waals surface area contributed by atoms with Gasteiger partial charge in [0, 0.05) is 24.2 Å². The number of hydrogen-bond donors (Lipinski definition) is 1. The smallest absolute Gasteiger partial charge is 0.264 e. The fourth-order valence-electron chi connectivity index (χ4n) is 3.99. The molecule has 3 aromatic carbocycles. The minimum absolute atomic E-state index is 0.0791. The van der Waals surface area contributed by atoms with Crippen molar-refractivity contribution < 1.29 is 27.5 Å². The summed E-state index contributed by atoms with van der Waals surface area (Å²) >= 11 is 6.03. The minimum atomic E-state index is -4.25. The van der Waals surface area contributed by atoms with Crippen LogP contribution in [-0.2, 0) is 26.2 Å². The Labute approximate surface area is 240 Å². The summed E-state index contributed by atoms with van der Waals surface area (Å²) in [6.45, 7) is 3.54. The Balaban J connectivity index is 2.02. The number of rotatable bonds is 13. The number of nitrogens with zero attached hydrogens (tertiary/aromatic N) is 2. The van der Waals surface area contributed by atoms with Crippen LogP contribution >= 0.6 is 11.6 Å². The predicted molar refractivity (Wildman–Crippen MR) is 155 cm³/mol. The van der Waals surface area contributed by atoms with Crippen LogP contribution in [0.5, 0.6) is 11.5 Å². The molecule has 0 aliphatic carbocycles. The second kappa shape index (κ2) is 14.0. The second-order valence-electron chi connectivity index (χ2n) is 8.98. The highest BCUT2D eigenvalue weighted by molar-refractivity contribution is 7.92. The van der Waals surface area contributed by atoms with Gasteiger partial charge in [-0.25, -0.2) is 8.42 Å². The molecule has 214 valence electrons. The molecule has 40 heavy (non-hydrogen) atoms. The lowest BCUT2D eigenvalue weighted by atomic mass is 10.1. The lowest BCUT2D eigenvalue weighted by molar-refractivity contribution is -0.139. The molecule has 0 aromatic heterocycles. The summed E-state index contributed by atoms with van der Waals surface area (Å²) in [5.74, 6) is -0.293. The minimum Gasteiger partial charge on any atom is -0.493 e. The molecular formula is C29H34ClN3O6S. The summed E-state index contributed by atoms with van der Waals surface area (Å²) in [4.78, 5) is 28.1. The van der Waals surface area contributed by atoms with Crippen molar-refractivity contribution in [3.05, 3.63) is 83.4 Å². The average Bonchev–Trinajstić information content (AvgIpc) is 2.97. The van der Waals surface area contributed by atoms with Crippen molar-refractivity contribution in [1.82, 2.24) is 10.2 Å². The molecule has 0 fully saturated rings. The number of nitrogens with one attached hydrogen (secondary N) is 1. The number of benzene rings is 3. The number of amides is 2. The highest BCUT2D eigenvalue weighted by Gasteiger charge is 2.33. The van der Waals surface area contributed by atoms with Gasteiger partial charge in [0.1, 0.15) is 12.6 Å². The Morgan fingerprint density at radius 1 is 0.950 bits per heavy atom. The molecule has 0 radical (unpaired) electrons. The first-order valence-electron chi connectivity index (χ1n) is 12.7. The van der Waals surface area contributed by atoms with E-state index in [1.54, 1.807) is 61.5 Å². The first kappa shape index (κ1) is 30.8. The van der Waals surface area contributed by atoms with E-state index in [1.165, 1.54) is 37.3 Å². The van der Waals surface area contributed by atoms with Gasteiger partial charge in [-0.05, 0) is 55.3 Å². The quantitative estimate of drug-likeness (QED) is 0.316. The van der Waals surface area contributed by atoms with Crippen molar-refractivity contribution in [3.63, 3.8) is 0 Å². The number of ether oxygens (including phenoxy) is 2. The van der Waals surface area contributed by atoms with Crippen molar-refractivity contribution >= 4 is 39.1 Å². The molecule has 1 N–H and O–H groups in total. The molecule has 11 heteroatoms. The van der Waals surface area contributed by atoms with Crippen LogP contribution in [0.3, 0.4) is 0 Å². The van der Waals surface area contributed by atoms with E-state index in [9.17, 15) is 18.0 Å². The van der Waals surface area contributed by atoms with Crippen molar-refractivity contribution in [3.8, 4) is 11.5 Å². The molecule has 0 saturated carbocycles. The third-order valence-corrected chi connectivity index (χ3v) is 8.27. The number of methoxy groups -OCH3 is 2. The van der Waals surface area contributed by atoms with Crippen LogP contribution in [0.4, 0.5) is 5.69 Å². The van der Waals surface area contributed by atoms with Gasteiger partial charge >= 0.3 is 0 Å². The zero-order chi connectivity index (χ0) is 29.3. The van der Waals surface area contributed by atoms with Crippen LogP contribution in [0.2, 0.25) is 5.02 Å². The van der Waals surface area contributed by atoms with E-state index in [-0.39, 0.29) is 23.1 Å². The Morgan fingerprint density at radius 3 is 2.20 bits per heavy atom. The summed E-state index contributed by atoms with van der Waals surface area (Å²) in [6, 6.07) is 18.6. The van der Waals surface area contributed by atoms with Crippen molar-refractivity contribution in [1.29, 1.82) is 0 Å². The summed E-state index contributed by atoms with van der Waals surface area (Å²) in [7, 11) is -1.39. The van der Waals surface area contributed by atoms with Crippen LogP contribution in [0.15, 0.2) is 77.7 Å². The number of halogens is 1. The highest BCUT2D eigenvalue weighted by Crippen LogP contribution is 2.32. The maximum absolute atomic E-state index is 14.0. The Hall–Kier alpha value is -3.76. The fraction of sp³-hybridized carbons (Fsp3) is 0.310. The van der Waals surface area contributed by atoms with E-state index >= 15 is 0 Å². The largest absolute Gasteiger partial charge is 0.493 e. The molecule has 9 nitrogen and oxygen atoms in total. The van der Waals surface area contributed by atoms with Gasteiger partial charge in [0.05, 0.1) is 24.8 Å². The summed E-state index contributed by atoms with van der Waals surface area (Å²) < 4.78 is 39.5. The second-order valence-corrected chi connectivity index (χ2v) is 11.3. The number of hydrogen-bond acceptors (Lipinski definition) is 6. The number of carbonyl (C=O) groups excluding carboxylic acids is 2. The van der Waals surface area contributed by atoms with E-state index in [4.69, 9.17) is 21.1 Å². The van der Waals surface area contributed by atoms with Crippen molar-refractivity contribution in [2.75, 3.05) is 31.6 Å². The molecule has 0 aliphatic heterocycles. The highest BCUT2D eigenvalue weighted by atomic mass is 35.5. The predicted octanol–water partition coefficient (Wildman–Crippen LogP) is 4.50. The molecule has 3 aromatic rings. The van der Waals surface area contributed by atoms with Gasteiger partial charge in [-0.3, -0.25) is 13.9 Å². The number of anilines is 1. The number of para-hydroxylation sites is 1. The molecule has 0 bridgehead atoms. The van der Waals surface area contributed by atoms with Gasteiger partial charge in [0.15, 0.2) is 11.5 Å². The number of sulfonamides is 1. The number of carbonyl (C=O) groups is 2. The Bertz CT molecular complexity index is 1400.